The van der Waals surface area contributed by atoms with Crippen molar-refractivity contribution >= 4 is 5.97 Å². The Bertz CT molecular complexity index is 384. The standard InChI is InChI=1S/C12H14O3/c1-8-2-4-11-9(6-8)7-10(15-11)3-5-12(13)14/h2,4,6,10H,3,5,7H2,1H3,(H,13,14). The minimum atomic E-state index is -0.759. The Morgan fingerprint density at radius 2 is 2.40 bits per heavy atom. The van der Waals surface area contributed by atoms with Crippen molar-refractivity contribution in [3.8, 4) is 5.75 Å². The Kier molecular flexibility index (Phi) is 2.62. The molecule has 0 spiro atoms. The quantitative estimate of drug-likeness (QED) is 0.824. The van der Waals surface area contributed by atoms with Crippen LogP contribution in [0.1, 0.15) is 24.0 Å². The molecular weight excluding hydrogens is 192 g/mol. The highest BCUT2D eigenvalue weighted by atomic mass is 16.5. The lowest BCUT2D eigenvalue weighted by molar-refractivity contribution is -0.137. The van der Waals surface area contributed by atoms with Gasteiger partial charge in [0.1, 0.15) is 11.9 Å². The molecule has 0 aromatic heterocycles. The molecular formula is C12H14O3. The van der Waals surface area contributed by atoms with E-state index < -0.39 is 5.97 Å². The first-order valence-corrected chi connectivity index (χ1v) is 5.13. The average Bonchev–Trinajstić information content (AvgIpc) is 2.56. The number of carbonyl (C=O) groups is 1. The SMILES string of the molecule is Cc1ccc2c(c1)CC(CCC(=O)O)O2. The van der Waals surface area contributed by atoms with Gasteiger partial charge >= 0.3 is 5.97 Å². The van der Waals surface area contributed by atoms with Crippen molar-refractivity contribution in [3.63, 3.8) is 0 Å². The number of fused-ring (bicyclic) bond motifs is 1. The Labute approximate surface area is 88.7 Å². The van der Waals surface area contributed by atoms with Crippen molar-refractivity contribution in [2.75, 3.05) is 0 Å². The number of carboxylic acid groups (broad SMARTS) is 1. The summed E-state index contributed by atoms with van der Waals surface area (Å²) in [6.45, 7) is 2.05. The van der Waals surface area contributed by atoms with Gasteiger partial charge in [-0.15, -0.1) is 0 Å². The number of rotatable bonds is 3. The van der Waals surface area contributed by atoms with Crippen molar-refractivity contribution < 1.29 is 14.6 Å². The molecule has 1 N–H and O–H groups in total. The number of carboxylic acids is 1. The van der Waals surface area contributed by atoms with Crippen LogP contribution in [0.15, 0.2) is 18.2 Å². The van der Waals surface area contributed by atoms with E-state index in [2.05, 4.69) is 6.07 Å². The van der Waals surface area contributed by atoms with E-state index in [1.165, 1.54) is 11.1 Å². The first-order valence-electron chi connectivity index (χ1n) is 5.13. The highest BCUT2D eigenvalue weighted by Crippen LogP contribution is 2.30. The van der Waals surface area contributed by atoms with Gasteiger partial charge in [0.2, 0.25) is 0 Å². The summed E-state index contributed by atoms with van der Waals surface area (Å²) in [5.74, 6) is 0.154. The summed E-state index contributed by atoms with van der Waals surface area (Å²) in [4.78, 5) is 10.4. The topological polar surface area (TPSA) is 46.5 Å². The maximum absolute atomic E-state index is 10.4. The van der Waals surface area contributed by atoms with Crippen molar-refractivity contribution in [1.29, 1.82) is 0 Å². The molecule has 1 aliphatic rings. The fraction of sp³-hybridized carbons (Fsp3) is 0.417. The van der Waals surface area contributed by atoms with Crippen LogP contribution < -0.4 is 4.74 Å². The van der Waals surface area contributed by atoms with Crippen molar-refractivity contribution in [3.05, 3.63) is 29.3 Å². The van der Waals surface area contributed by atoms with Crippen LogP contribution >= 0.6 is 0 Å². The van der Waals surface area contributed by atoms with Crippen LogP contribution in [-0.4, -0.2) is 17.2 Å². The molecule has 2 rings (SSSR count). The predicted molar refractivity (Wildman–Crippen MR) is 56.2 cm³/mol. The minimum Gasteiger partial charge on any atom is -0.490 e. The number of ether oxygens (including phenoxy) is 1. The van der Waals surface area contributed by atoms with E-state index in [1.54, 1.807) is 0 Å². The number of benzene rings is 1. The third-order valence-corrected chi connectivity index (χ3v) is 2.64. The molecule has 0 aliphatic carbocycles. The van der Waals surface area contributed by atoms with Crippen LogP contribution in [0.25, 0.3) is 0 Å². The second kappa shape index (κ2) is 3.93. The maximum Gasteiger partial charge on any atom is 0.303 e. The summed E-state index contributed by atoms with van der Waals surface area (Å²) in [7, 11) is 0. The van der Waals surface area contributed by atoms with Crippen molar-refractivity contribution in [1.82, 2.24) is 0 Å². The Morgan fingerprint density at radius 3 is 3.13 bits per heavy atom. The number of aryl methyl sites for hydroxylation is 1. The zero-order chi connectivity index (χ0) is 10.8. The van der Waals surface area contributed by atoms with Gasteiger partial charge in [-0.25, -0.2) is 0 Å². The molecule has 0 saturated carbocycles. The first kappa shape index (κ1) is 10.0. The van der Waals surface area contributed by atoms with Gasteiger partial charge in [0.15, 0.2) is 0 Å². The van der Waals surface area contributed by atoms with E-state index in [1.807, 2.05) is 19.1 Å². The minimum absolute atomic E-state index is 0.0397. The highest BCUT2D eigenvalue weighted by Gasteiger charge is 2.22. The van der Waals surface area contributed by atoms with Crippen LogP contribution in [0.3, 0.4) is 0 Å². The molecule has 3 nitrogen and oxygen atoms in total. The predicted octanol–water partition coefficient (Wildman–Crippen LogP) is 2.16. The van der Waals surface area contributed by atoms with Crippen molar-refractivity contribution in [2.45, 2.75) is 32.3 Å². The molecule has 1 aromatic rings. The lowest BCUT2D eigenvalue weighted by Crippen LogP contribution is -2.14. The Hall–Kier alpha value is -1.51. The fourth-order valence-corrected chi connectivity index (χ4v) is 1.89. The van der Waals surface area contributed by atoms with Crippen LogP contribution in [0.2, 0.25) is 0 Å². The number of hydrogen-bond acceptors (Lipinski definition) is 2. The van der Waals surface area contributed by atoms with E-state index >= 15 is 0 Å². The number of hydrogen-bond donors (Lipinski definition) is 1. The van der Waals surface area contributed by atoms with Gasteiger partial charge in [-0.1, -0.05) is 17.7 Å². The molecule has 15 heavy (non-hydrogen) atoms. The molecule has 0 amide bonds. The Balaban J connectivity index is 2.00. The van der Waals surface area contributed by atoms with Gasteiger partial charge in [0.05, 0.1) is 0 Å². The van der Waals surface area contributed by atoms with E-state index in [0.29, 0.717) is 6.42 Å². The second-order valence-electron chi connectivity index (χ2n) is 3.99. The summed E-state index contributed by atoms with van der Waals surface area (Å²) in [6, 6.07) is 6.08. The van der Waals surface area contributed by atoms with Gasteiger partial charge in [0, 0.05) is 12.8 Å². The van der Waals surface area contributed by atoms with Gasteiger partial charge in [0.25, 0.3) is 0 Å². The van der Waals surface area contributed by atoms with E-state index in [0.717, 1.165) is 12.2 Å². The van der Waals surface area contributed by atoms with Crippen LogP contribution in [-0.2, 0) is 11.2 Å². The summed E-state index contributed by atoms with van der Waals surface area (Å²) < 4.78 is 5.65. The molecule has 0 fully saturated rings. The Morgan fingerprint density at radius 1 is 1.60 bits per heavy atom. The van der Waals surface area contributed by atoms with Crippen LogP contribution in [0.4, 0.5) is 0 Å². The lowest BCUT2D eigenvalue weighted by Gasteiger charge is -2.07. The lowest BCUT2D eigenvalue weighted by atomic mass is 10.0. The van der Waals surface area contributed by atoms with E-state index in [-0.39, 0.29) is 12.5 Å². The van der Waals surface area contributed by atoms with E-state index in [4.69, 9.17) is 9.84 Å². The molecule has 1 unspecified atom stereocenters. The largest absolute Gasteiger partial charge is 0.490 e. The average molecular weight is 206 g/mol. The normalized spacial score (nSPS) is 18.3. The molecule has 0 saturated heterocycles. The third kappa shape index (κ3) is 2.29. The monoisotopic (exact) mass is 206 g/mol. The summed E-state index contributed by atoms with van der Waals surface area (Å²) in [5.41, 5.74) is 2.42. The summed E-state index contributed by atoms with van der Waals surface area (Å²) >= 11 is 0. The van der Waals surface area contributed by atoms with Crippen molar-refractivity contribution in [2.24, 2.45) is 0 Å². The second-order valence-corrected chi connectivity index (χ2v) is 3.99. The molecule has 1 heterocycles. The van der Waals surface area contributed by atoms with Gasteiger partial charge < -0.3 is 9.84 Å². The first-order chi connectivity index (χ1) is 7.15. The molecule has 3 heteroatoms. The van der Waals surface area contributed by atoms with Gasteiger partial charge in [-0.05, 0) is 25.0 Å². The van der Waals surface area contributed by atoms with E-state index in [9.17, 15) is 4.79 Å². The third-order valence-electron chi connectivity index (χ3n) is 2.64. The molecule has 1 aromatic carbocycles. The molecule has 1 atom stereocenters. The highest BCUT2D eigenvalue weighted by molar-refractivity contribution is 5.66. The van der Waals surface area contributed by atoms with Crippen LogP contribution in [0, 0.1) is 6.92 Å². The zero-order valence-electron chi connectivity index (χ0n) is 8.69. The smallest absolute Gasteiger partial charge is 0.303 e. The maximum atomic E-state index is 10.4. The summed E-state index contributed by atoms with van der Waals surface area (Å²) in [5, 5.41) is 8.58. The summed E-state index contributed by atoms with van der Waals surface area (Å²) in [6.07, 6.45) is 1.64. The molecule has 0 radical (unpaired) electrons. The molecule has 1 aliphatic heterocycles. The van der Waals surface area contributed by atoms with Gasteiger partial charge in [-0.2, -0.15) is 0 Å². The molecule has 80 valence electrons. The van der Waals surface area contributed by atoms with Crippen LogP contribution in [0.5, 0.6) is 5.75 Å². The zero-order valence-corrected chi connectivity index (χ0v) is 8.69. The molecule has 0 bridgehead atoms. The fourth-order valence-electron chi connectivity index (χ4n) is 1.89. The van der Waals surface area contributed by atoms with Gasteiger partial charge in [-0.3, -0.25) is 4.79 Å². The number of aliphatic carboxylic acids is 1.